The van der Waals surface area contributed by atoms with E-state index in [0.29, 0.717) is 22.3 Å². The van der Waals surface area contributed by atoms with Gasteiger partial charge in [0.25, 0.3) is 0 Å². The number of carbonyl (C=O) groups excluding carboxylic acids is 3. The lowest BCUT2D eigenvalue weighted by molar-refractivity contribution is 0.0979. The van der Waals surface area contributed by atoms with E-state index in [2.05, 4.69) is 0 Å². The van der Waals surface area contributed by atoms with Crippen LogP contribution in [0.5, 0.6) is 0 Å². The van der Waals surface area contributed by atoms with E-state index in [1.54, 1.807) is 84.9 Å². The first kappa shape index (κ1) is 27.4. The molecule has 6 heteroatoms. The van der Waals surface area contributed by atoms with Crippen molar-refractivity contribution >= 4 is 27.2 Å². The molecule has 37 heavy (non-hydrogen) atoms. The van der Waals surface area contributed by atoms with Crippen molar-refractivity contribution in [2.45, 2.75) is 37.5 Å². The zero-order valence-corrected chi connectivity index (χ0v) is 22.0. The van der Waals surface area contributed by atoms with Crippen LogP contribution in [0.2, 0.25) is 0 Å². The maximum atomic E-state index is 12.3. The third-order valence-electron chi connectivity index (χ3n) is 5.68. The molecular weight excluding hydrogens is 484 g/mol. The van der Waals surface area contributed by atoms with Gasteiger partial charge in [0.2, 0.25) is 9.84 Å². The highest BCUT2D eigenvalue weighted by Gasteiger charge is 2.33. The van der Waals surface area contributed by atoms with Gasteiger partial charge in [-0.2, -0.15) is 0 Å². The molecule has 0 spiro atoms. The van der Waals surface area contributed by atoms with Crippen LogP contribution in [-0.4, -0.2) is 25.8 Å². The maximum Gasteiger partial charge on any atom is 0.208 e. The average molecular weight is 513 g/mol. The number of hydrogen-bond donors (Lipinski definition) is 0. The van der Waals surface area contributed by atoms with Gasteiger partial charge in [-0.15, -0.1) is 0 Å². The minimum absolute atomic E-state index is 0.0641. The molecule has 1 aliphatic carbocycles. The molecule has 0 atom stereocenters. The molecule has 1 aliphatic heterocycles. The number of benzene rings is 4. The van der Waals surface area contributed by atoms with Crippen LogP contribution in [0.4, 0.5) is 0 Å². The van der Waals surface area contributed by atoms with Gasteiger partial charge in [0.1, 0.15) is 0 Å². The zero-order chi connectivity index (χ0) is 27.2. The van der Waals surface area contributed by atoms with Gasteiger partial charge < -0.3 is 0 Å². The number of rotatable bonds is 0. The van der Waals surface area contributed by atoms with E-state index in [0.717, 1.165) is 0 Å². The number of carbonyl (C=O) groups is 3. The van der Waals surface area contributed by atoms with Gasteiger partial charge in [-0.25, -0.2) is 8.42 Å². The van der Waals surface area contributed by atoms with Crippen molar-refractivity contribution in [1.29, 1.82) is 0 Å². The molecule has 2 aliphatic rings. The lowest BCUT2D eigenvalue weighted by Gasteiger charge is -2.17. The molecule has 1 heterocycles. The monoisotopic (exact) mass is 512 g/mol. The topological polar surface area (TPSA) is 85.3 Å². The first-order valence-electron chi connectivity index (χ1n) is 12.2. The molecular formula is C31H28O5S. The minimum atomic E-state index is -3.56. The fourth-order valence-corrected chi connectivity index (χ4v) is 5.74. The number of hydrogen-bond acceptors (Lipinski definition) is 5. The van der Waals surface area contributed by atoms with E-state index in [-0.39, 0.29) is 38.3 Å². The highest BCUT2D eigenvalue weighted by molar-refractivity contribution is 7.91. The van der Waals surface area contributed by atoms with Crippen molar-refractivity contribution in [2.75, 3.05) is 0 Å². The summed E-state index contributed by atoms with van der Waals surface area (Å²) in [6.07, 6.45) is 0. The van der Waals surface area contributed by atoms with Crippen LogP contribution >= 0.6 is 0 Å². The molecule has 6 rings (SSSR count). The van der Waals surface area contributed by atoms with Crippen LogP contribution in [-0.2, 0) is 9.84 Å². The highest BCUT2D eigenvalue weighted by atomic mass is 32.2. The molecule has 5 nitrogen and oxygen atoms in total. The molecule has 0 saturated carbocycles. The van der Waals surface area contributed by atoms with E-state index in [1.807, 2.05) is 27.7 Å². The summed E-state index contributed by atoms with van der Waals surface area (Å²) in [7, 11) is -3.56. The lowest BCUT2D eigenvalue weighted by Crippen LogP contribution is -2.20. The van der Waals surface area contributed by atoms with Crippen molar-refractivity contribution in [3.05, 3.63) is 130 Å². The summed E-state index contributed by atoms with van der Waals surface area (Å²) < 4.78 is 24.6. The van der Waals surface area contributed by atoms with E-state index < -0.39 is 9.84 Å². The zero-order valence-electron chi connectivity index (χ0n) is 21.2. The van der Waals surface area contributed by atoms with Crippen molar-refractivity contribution < 1.29 is 22.8 Å². The Hall–Kier alpha value is -4.16. The molecule has 0 radical (unpaired) electrons. The third kappa shape index (κ3) is 4.93. The second-order valence-electron chi connectivity index (χ2n) is 7.57. The number of ketones is 3. The average Bonchev–Trinajstić information content (AvgIpc) is 2.97. The van der Waals surface area contributed by atoms with Crippen LogP contribution in [0.3, 0.4) is 0 Å². The molecule has 0 bridgehead atoms. The summed E-state index contributed by atoms with van der Waals surface area (Å²) in [4.78, 5) is 36.5. The molecule has 4 aromatic carbocycles. The summed E-state index contributed by atoms with van der Waals surface area (Å²) >= 11 is 0. The Morgan fingerprint density at radius 2 is 0.595 bits per heavy atom. The largest absolute Gasteiger partial charge is 0.289 e. The van der Waals surface area contributed by atoms with Crippen molar-refractivity contribution in [3.63, 3.8) is 0 Å². The lowest BCUT2D eigenvalue weighted by atomic mass is 9.84. The van der Waals surface area contributed by atoms with Gasteiger partial charge in [-0.1, -0.05) is 100 Å². The summed E-state index contributed by atoms with van der Waals surface area (Å²) in [5.74, 6) is -0.359. The van der Waals surface area contributed by atoms with E-state index >= 15 is 0 Å². The second-order valence-corrected chi connectivity index (χ2v) is 9.46. The predicted molar refractivity (Wildman–Crippen MR) is 144 cm³/mol. The Morgan fingerprint density at radius 3 is 0.892 bits per heavy atom. The van der Waals surface area contributed by atoms with Crippen LogP contribution in [0.25, 0.3) is 0 Å². The van der Waals surface area contributed by atoms with Gasteiger partial charge in [0, 0.05) is 33.4 Å². The molecule has 0 saturated heterocycles. The first-order valence-corrected chi connectivity index (χ1v) is 13.6. The van der Waals surface area contributed by atoms with Crippen molar-refractivity contribution in [2.24, 2.45) is 0 Å². The Morgan fingerprint density at radius 1 is 0.378 bits per heavy atom. The molecule has 188 valence electrons. The summed E-state index contributed by atoms with van der Waals surface area (Å²) in [5, 5.41) is 0. The van der Waals surface area contributed by atoms with Gasteiger partial charge in [-0.3, -0.25) is 14.4 Å². The minimum Gasteiger partial charge on any atom is -0.289 e. The maximum absolute atomic E-state index is 12.3. The molecule has 0 fully saturated rings. The van der Waals surface area contributed by atoms with E-state index in [1.165, 1.54) is 12.1 Å². The molecule has 0 N–H and O–H groups in total. The summed E-state index contributed by atoms with van der Waals surface area (Å²) in [6, 6.07) is 26.5. The van der Waals surface area contributed by atoms with E-state index in [4.69, 9.17) is 0 Å². The SMILES string of the molecule is CC.CC.O=C1c2ccccc2C(=O)c2ccccc21.O=C1c2ccccc2S(=O)(=O)c2ccccc21. The molecule has 4 aromatic rings. The fourth-order valence-electron chi connectivity index (χ4n) is 4.09. The summed E-state index contributed by atoms with van der Waals surface area (Å²) in [6.45, 7) is 8.00. The second kappa shape index (κ2) is 11.7. The van der Waals surface area contributed by atoms with Crippen molar-refractivity contribution in [1.82, 2.24) is 0 Å². The highest BCUT2D eigenvalue weighted by Crippen LogP contribution is 2.33. The quantitative estimate of drug-likeness (QED) is 0.230. The smallest absolute Gasteiger partial charge is 0.208 e. The Kier molecular flexibility index (Phi) is 8.69. The first-order chi connectivity index (χ1) is 17.9. The van der Waals surface area contributed by atoms with Gasteiger partial charge in [0.15, 0.2) is 17.3 Å². The molecule has 0 aromatic heterocycles. The third-order valence-corrected chi connectivity index (χ3v) is 7.55. The standard InChI is InChI=1S/C14H8O2.C13H8O3S.2C2H6/c15-13-9-5-1-2-6-10(9)14(16)12-8-4-3-7-11(12)13;14-13-9-5-1-3-7-11(9)17(15,16)12-8-4-2-6-10(12)13;2*1-2/h1-8H;1-8H;2*1-2H3. The van der Waals surface area contributed by atoms with E-state index in [9.17, 15) is 22.8 Å². The molecule has 0 amide bonds. The van der Waals surface area contributed by atoms with Crippen LogP contribution in [0, 0.1) is 0 Å². The number of sulfone groups is 1. The Bertz CT molecular complexity index is 1420. The van der Waals surface area contributed by atoms with Crippen LogP contribution < -0.4 is 0 Å². The number of fused-ring (bicyclic) bond motifs is 4. The normalized spacial score (nSPS) is 13.5. The van der Waals surface area contributed by atoms with Gasteiger partial charge >= 0.3 is 0 Å². The predicted octanol–water partition coefficient (Wildman–Crippen LogP) is 6.58. The van der Waals surface area contributed by atoms with Crippen molar-refractivity contribution in [3.8, 4) is 0 Å². The van der Waals surface area contributed by atoms with Crippen LogP contribution in [0.15, 0.2) is 107 Å². The van der Waals surface area contributed by atoms with Crippen LogP contribution in [0.1, 0.15) is 75.5 Å². The fraction of sp³-hybridized carbons (Fsp3) is 0.129. The molecule has 0 unspecified atom stereocenters. The van der Waals surface area contributed by atoms with Gasteiger partial charge in [-0.05, 0) is 24.3 Å². The summed E-state index contributed by atoms with van der Waals surface area (Å²) in [5.41, 5.74) is 2.53. The Labute approximate surface area is 217 Å². The Balaban J connectivity index is 0.000000182. The van der Waals surface area contributed by atoms with Gasteiger partial charge in [0.05, 0.1) is 9.79 Å².